The minimum absolute atomic E-state index is 0.0439. The maximum Gasteiger partial charge on any atom is 0.341 e. The van der Waals surface area contributed by atoms with Crippen molar-refractivity contribution >= 4 is 11.8 Å². The van der Waals surface area contributed by atoms with Gasteiger partial charge in [0, 0.05) is 12.3 Å². The highest BCUT2D eigenvalue weighted by molar-refractivity contribution is 6.19. The zero-order valence-electron chi connectivity index (χ0n) is 14.6. The average Bonchev–Trinajstić information content (AvgIpc) is 2.76. The molecule has 128 valence electrons. The van der Waals surface area contributed by atoms with E-state index in [2.05, 4.69) is 6.58 Å². The van der Waals surface area contributed by atoms with Gasteiger partial charge in [0.15, 0.2) is 11.6 Å². The van der Waals surface area contributed by atoms with Crippen molar-refractivity contribution in [2.24, 2.45) is 5.92 Å². The third-order valence-electron chi connectivity index (χ3n) is 4.52. The van der Waals surface area contributed by atoms with Gasteiger partial charge < -0.3 is 14.2 Å². The number of hydrogen-bond donors (Lipinski definition) is 0. The molecule has 0 radical (unpaired) electrons. The van der Waals surface area contributed by atoms with Crippen molar-refractivity contribution in [2.45, 2.75) is 64.4 Å². The number of ether oxygens (including phenoxy) is 3. The highest BCUT2D eigenvalue weighted by Crippen LogP contribution is 2.42. The van der Waals surface area contributed by atoms with Crippen LogP contribution in [-0.4, -0.2) is 36.4 Å². The van der Waals surface area contributed by atoms with Gasteiger partial charge >= 0.3 is 5.97 Å². The Labute approximate surface area is 137 Å². The lowest BCUT2D eigenvalue weighted by molar-refractivity contribution is -0.340. The summed E-state index contributed by atoms with van der Waals surface area (Å²) in [7, 11) is 1.29. The molecule has 0 unspecified atom stereocenters. The average molecular weight is 322 g/mol. The topological polar surface area (TPSA) is 61.8 Å². The number of rotatable bonds is 4. The van der Waals surface area contributed by atoms with E-state index in [9.17, 15) is 9.59 Å². The highest BCUT2D eigenvalue weighted by atomic mass is 16.7. The molecule has 5 heteroatoms. The van der Waals surface area contributed by atoms with Gasteiger partial charge in [-0.05, 0) is 46.1 Å². The molecule has 0 spiro atoms. The first-order valence-electron chi connectivity index (χ1n) is 7.95. The number of Topliss-reactive ketones (excluding diaryl/α,β-unsaturated/α-hetero) is 1. The van der Waals surface area contributed by atoms with Crippen LogP contribution in [0.4, 0.5) is 0 Å². The Balaban J connectivity index is 2.32. The standard InChI is InChI=1S/C18H26O5/c1-7-12-14(22-18(4,5)23-17(12,2)3)10-11-8-9-13(19)15(11)16(20)21-6/h7,12,14H,1,8-10H2,2-6H3/t12-,14-/m0/s1. The van der Waals surface area contributed by atoms with Crippen molar-refractivity contribution in [2.75, 3.05) is 7.11 Å². The van der Waals surface area contributed by atoms with E-state index in [1.807, 2.05) is 33.8 Å². The second-order valence-electron chi connectivity index (χ2n) is 7.12. The first-order chi connectivity index (χ1) is 10.6. The van der Waals surface area contributed by atoms with Crippen LogP contribution in [-0.2, 0) is 23.8 Å². The van der Waals surface area contributed by atoms with Gasteiger partial charge in [-0.15, -0.1) is 6.58 Å². The molecule has 1 aliphatic heterocycles. The van der Waals surface area contributed by atoms with Gasteiger partial charge in [0.1, 0.15) is 5.57 Å². The maximum atomic E-state index is 12.0. The molecular weight excluding hydrogens is 296 g/mol. The predicted molar refractivity (Wildman–Crippen MR) is 85.7 cm³/mol. The van der Waals surface area contributed by atoms with Gasteiger partial charge in [0.25, 0.3) is 0 Å². The van der Waals surface area contributed by atoms with Gasteiger partial charge in [-0.2, -0.15) is 0 Å². The van der Waals surface area contributed by atoms with Crippen molar-refractivity contribution in [3.63, 3.8) is 0 Å². The summed E-state index contributed by atoms with van der Waals surface area (Å²) in [5, 5.41) is 0. The Morgan fingerprint density at radius 1 is 1.35 bits per heavy atom. The smallest absolute Gasteiger partial charge is 0.341 e. The Morgan fingerprint density at radius 3 is 2.57 bits per heavy atom. The molecule has 0 N–H and O–H groups in total. The number of carbonyl (C=O) groups is 2. The van der Waals surface area contributed by atoms with Crippen LogP contribution in [0.1, 0.15) is 47.0 Å². The first kappa shape index (κ1) is 17.9. The van der Waals surface area contributed by atoms with Crippen molar-refractivity contribution < 1.29 is 23.8 Å². The van der Waals surface area contributed by atoms with E-state index in [0.717, 1.165) is 5.57 Å². The van der Waals surface area contributed by atoms with Crippen molar-refractivity contribution in [1.82, 2.24) is 0 Å². The Hall–Kier alpha value is -1.46. The largest absolute Gasteiger partial charge is 0.465 e. The first-order valence-corrected chi connectivity index (χ1v) is 7.95. The summed E-state index contributed by atoms with van der Waals surface area (Å²) in [6.45, 7) is 11.7. The van der Waals surface area contributed by atoms with Gasteiger partial charge in [0.05, 0.1) is 18.8 Å². The lowest BCUT2D eigenvalue weighted by atomic mass is 9.81. The summed E-state index contributed by atoms with van der Waals surface area (Å²) in [5.74, 6) is -1.48. The molecule has 0 amide bonds. The van der Waals surface area contributed by atoms with E-state index in [-0.39, 0.29) is 23.4 Å². The fourth-order valence-electron chi connectivity index (χ4n) is 3.73. The fraction of sp³-hybridized carbons (Fsp3) is 0.667. The van der Waals surface area contributed by atoms with Crippen LogP contribution in [0.25, 0.3) is 0 Å². The lowest BCUT2D eigenvalue weighted by Crippen LogP contribution is -2.55. The molecule has 2 aliphatic rings. The van der Waals surface area contributed by atoms with Gasteiger partial charge in [-0.1, -0.05) is 6.08 Å². The third-order valence-corrected chi connectivity index (χ3v) is 4.52. The van der Waals surface area contributed by atoms with Crippen LogP contribution in [0, 0.1) is 5.92 Å². The zero-order valence-corrected chi connectivity index (χ0v) is 14.6. The molecule has 0 bridgehead atoms. The van der Waals surface area contributed by atoms with Crippen molar-refractivity contribution in [3.05, 3.63) is 23.8 Å². The number of ketones is 1. The molecule has 0 aromatic heterocycles. The maximum absolute atomic E-state index is 12.0. The van der Waals surface area contributed by atoms with Crippen molar-refractivity contribution in [3.8, 4) is 0 Å². The Morgan fingerprint density at radius 2 is 2.00 bits per heavy atom. The SMILES string of the molecule is C=C[C@H]1[C@H](CC2=C(C(=O)OC)C(=O)CC2)OC(C)(C)OC1(C)C. The van der Waals surface area contributed by atoms with E-state index in [4.69, 9.17) is 14.2 Å². The molecule has 23 heavy (non-hydrogen) atoms. The van der Waals surface area contributed by atoms with Crippen LogP contribution in [0.15, 0.2) is 23.8 Å². The molecular formula is C18H26O5. The van der Waals surface area contributed by atoms with E-state index in [1.165, 1.54) is 7.11 Å². The number of hydrogen-bond acceptors (Lipinski definition) is 5. The van der Waals surface area contributed by atoms with Crippen LogP contribution < -0.4 is 0 Å². The molecule has 1 saturated heterocycles. The number of esters is 1. The predicted octanol–water partition coefficient (Wildman–Crippen LogP) is 2.94. The monoisotopic (exact) mass is 322 g/mol. The van der Waals surface area contributed by atoms with Crippen LogP contribution in [0.2, 0.25) is 0 Å². The highest BCUT2D eigenvalue weighted by Gasteiger charge is 2.47. The van der Waals surface area contributed by atoms with Crippen LogP contribution >= 0.6 is 0 Å². The minimum atomic E-state index is -0.734. The lowest BCUT2D eigenvalue weighted by Gasteiger charge is -2.50. The van der Waals surface area contributed by atoms with Gasteiger partial charge in [-0.25, -0.2) is 4.79 Å². The number of carbonyl (C=O) groups excluding carboxylic acids is 2. The van der Waals surface area contributed by atoms with Crippen molar-refractivity contribution in [1.29, 1.82) is 0 Å². The molecule has 5 nitrogen and oxygen atoms in total. The summed E-state index contributed by atoms with van der Waals surface area (Å²) >= 11 is 0. The molecule has 2 rings (SSSR count). The molecule has 0 aromatic carbocycles. The van der Waals surface area contributed by atoms with E-state index in [0.29, 0.717) is 19.3 Å². The second-order valence-corrected chi connectivity index (χ2v) is 7.12. The molecule has 0 aromatic rings. The van der Waals surface area contributed by atoms with E-state index >= 15 is 0 Å². The third kappa shape index (κ3) is 3.56. The minimum Gasteiger partial charge on any atom is -0.465 e. The van der Waals surface area contributed by atoms with Gasteiger partial charge in [0.2, 0.25) is 0 Å². The fourth-order valence-corrected chi connectivity index (χ4v) is 3.73. The quantitative estimate of drug-likeness (QED) is 0.452. The molecule has 1 aliphatic carbocycles. The summed E-state index contributed by atoms with van der Waals surface area (Å²) < 4.78 is 16.8. The van der Waals surface area contributed by atoms with Crippen LogP contribution in [0.5, 0.6) is 0 Å². The molecule has 2 atom stereocenters. The normalized spacial score (nSPS) is 29.5. The van der Waals surface area contributed by atoms with Crippen LogP contribution in [0.3, 0.4) is 0 Å². The summed E-state index contributed by atoms with van der Waals surface area (Å²) in [5.41, 5.74) is 0.566. The Kier molecular flexibility index (Phi) is 4.83. The van der Waals surface area contributed by atoms with E-state index < -0.39 is 17.4 Å². The van der Waals surface area contributed by atoms with Gasteiger partial charge in [-0.3, -0.25) is 4.79 Å². The second kappa shape index (κ2) is 6.21. The summed E-state index contributed by atoms with van der Waals surface area (Å²) in [4.78, 5) is 23.9. The molecule has 1 fully saturated rings. The number of methoxy groups -OCH3 is 1. The summed E-state index contributed by atoms with van der Waals surface area (Å²) in [6, 6.07) is 0. The van der Waals surface area contributed by atoms with E-state index in [1.54, 1.807) is 0 Å². The zero-order chi connectivity index (χ0) is 17.4. The Bertz CT molecular complexity index is 556. The molecule has 1 heterocycles. The summed E-state index contributed by atoms with van der Waals surface area (Å²) in [6.07, 6.45) is 3.06. The molecule has 0 saturated carbocycles.